The smallest absolute Gasteiger partial charge is 0.164 e. The number of hydrogen-bond acceptors (Lipinski definition) is 4. The van der Waals surface area contributed by atoms with E-state index < -0.39 is 5.41 Å². The van der Waals surface area contributed by atoms with Crippen molar-refractivity contribution in [2.24, 2.45) is 0 Å². The maximum atomic E-state index is 5.60. The van der Waals surface area contributed by atoms with Crippen LogP contribution in [-0.2, 0) is 5.41 Å². The maximum Gasteiger partial charge on any atom is 0.164 e. The molecule has 2 aromatic heterocycles. The molecule has 2 aliphatic rings. The van der Waals surface area contributed by atoms with Gasteiger partial charge in [0, 0.05) is 38.8 Å². The summed E-state index contributed by atoms with van der Waals surface area (Å²) in [6.45, 7) is 0. The molecule has 0 saturated carbocycles. The molecule has 4 heteroatoms. The summed E-state index contributed by atoms with van der Waals surface area (Å²) in [4.78, 5) is 20.8. The van der Waals surface area contributed by atoms with Crippen LogP contribution in [0.1, 0.15) is 22.3 Å². The molecule has 4 nitrogen and oxygen atoms in total. The van der Waals surface area contributed by atoms with Crippen LogP contribution in [-0.4, -0.2) is 19.9 Å². The fraction of sp³-hybridized carbons (Fsp3) is 0.0204. The number of hydrogen-bond donors (Lipinski definition) is 0. The van der Waals surface area contributed by atoms with E-state index in [0.29, 0.717) is 17.5 Å². The average Bonchev–Trinajstić information content (AvgIpc) is 3.71. The standard InChI is InChI=1S/C49H30N4/c1-4-16-31(17-5-1)44-38-24-11-10-23-37(38)43-45(50-44)39-25-13-15-27-41(39)49(43)40-26-14-12-22-35(40)36-29-28-34(30-42(36)49)48-52-46(32-18-6-2-7-19-32)51-47(53-48)33-20-8-3-9-21-33/h1-30H. The quantitative estimate of drug-likeness (QED) is 0.186. The van der Waals surface area contributed by atoms with Crippen LogP contribution in [0.15, 0.2) is 182 Å². The van der Waals surface area contributed by atoms with Crippen LogP contribution < -0.4 is 0 Å². The van der Waals surface area contributed by atoms with Crippen molar-refractivity contribution in [3.8, 4) is 67.8 Å². The van der Waals surface area contributed by atoms with E-state index in [1.807, 2.05) is 36.4 Å². The van der Waals surface area contributed by atoms with Gasteiger partial charge >= 0.3 is 0 Å². The molecular weight excluding hydrogens is 645 g/mol. The fourth-order valence-corrected chi connectivity index (χ4v) is 8.72. The summed E-state index contributed by atoms with van der Waals surface area (Å²) in [5.74, 6) is 1.93. The van der Waals surface area contributed by atoms with Gasteiger partial charge in [-0.05, 0) is 39.3 Å². The van der Waals surface area contributed by atoms with Gasteiger partial charge in [-0.25, -0.2) is 19.9 Å². The number of benzene rings is 7. The van der Waals surface area contributed by atoms with Crippen molar-refractivity contribution in [2.45, 2.75) is 5.41 Å². The number of nitrogens with zero attached hydrogens (tertiary/aromatic N) is 4. The highest BCUT2D eigenvalue weighted by Gasteiger charge is 2.53. The van der Waals surface area contributed by atoms with Gasteiger partial charge in [0.15, 0.2) is 17.5 Å². The number of rotatable bonds is 4. The second-order valence-electron chi connectivity index (χ2n) is 13.7. The minimum atomic E-state index is -0.604. The Bertz CT molecular complexity index is 2830. The van der Waals surface area contributed by atoms with Crippen molar-refractivity contribution in [1.82, 2.24) is 19.9 Å². The zero-order valence-electron chi connectivity index (χ0n) is 28.6. The van der Waals surface area contributed by atoms with Crippen molar-refractivity contribution in [2.75, 3.05) is 0 Å². The van der Waals surface area contributed by atoms with E-state index in [1.165, 1.54) is 38.8 Å². The Morgan fingerprint density at radius 1 is 0.302 bits per heavy atom. The molecule has 9 aromatic rings. The van der Waals surface area contributed by atoms with E-state index in [9.17, 15) is 0 Å². The largest absolute Gasteiger partial charge is 0.247 e. The van der Waals surface area contributed by atoms with Gasteiger partial charge in [0.25, 0.3) is 0 Å². The minimum Gasteiger partial charge on any atom is -0.247 e. The first-order valence-corrected chi connectivity index (χ1v) is 18.0. The van der Waals surface area contributed by atoms with Crippen LogP contribution in [0.4, 0.5) is 0 Å². The molecule has 246 valence electrons. The highest BCUT2D eigenvalue weighted by Crippen LogP contribution is 2.64. The lowest BCUT2D eigenvalue weighted by molar-refractivity contribution is 0.799. The molecule has 0 aliphatic heterocycles. The van der Waals surface area contributed by atoms with E-state index in [1.54, 1.807) is 0 Å². The number of aromatic nitrogens is 4. The fourth-order valence-electron chi connectivity index (χ4n) is 8.72. The third-order valence-corrected chi connectivity index (χ3v) is 10.9. The van der Waals surface area contributed by atoms with Gasteiger partial charge in [0.05, 0.1) is 16.8 Å². The zero-order chi connectivity index (χ0) is 34.9. The molecule has 1 spiro atoms. The van der Waals surface area contributed by atoms with E-state index in [4.69, 9.17) is 19.9 Å². The molecule has 0 fully saturated rings. The summed E-state index contributed by atoms with van der Waals surface area (Å²) in [5.41, 5.74) is 13.9. The van der Waals surface area contributed by atoms with Crippen LogP contribution in [0.2, 0.25) is 0 Å². The van der Waals surface area contributed by atoms with Gasteiger partial charge in [-0.15, -0.1) is 0 Å². The Balaban J connectivity index is 1.22. The van der Waals surface area contributed by atoms with Gasteiger partial charge in [0.1, 0.15) is 0 Å². The molecular formula is C49H30N4. The van der Waals surface area contributed by atoms with E-state index in [-0.39, 0.29) is 0 Å². The summed E-state index contributed by atoms with van der Waals surface area (Å²) >= 11 is 0. The van der Waals surface area contributed by atoms with Crippen molar-refractivity contribution in [1.29, 1.82) is 0 Å². The van der Waals surface area contributed by atoms with Crippen LogP contribution in [0.25, 0.3) is 78.6 Å². The number of pyridine rings is 1. The first-order chi connectivity index (χ1) is 26.3. The minimum absolute atomic E-state index is 0.604. The maximum absolute atomic E-state index is 5.60. The molecule has 0 radical (unpaired) electrons. The topological polar surface area (TPSA) is 51.6 Å². The molecule has 7 aromatic carbocycles. The Morgan fingerprint density at radius 2 is 0.774 bits per heavy atom. The predicted molar refractivity (Wildman–Crippen MR) is 213 cm³/mol. The molecule has 2 heterocycles. The van der Waals surface area contributed by atoms with E-state index >= 15 is 0 Å². The second kappa shape index (κ2) is 11.5. The van der Waals surface area contributed by atoms with Gasteiger partial charge in [0.2, 0.25) is 0 Å². The third kappa shape index (κ3) is 4.30. The molecule has 2 aliphatic carbocycles. The Kier molecular flexibility index (Phi) is 6.43. The van der Waals surface area contributed by atoms with E-state index in [0.717, 1.165) is 44.6 Å². The summed E-state index contributed by atoms with van der Waals surface area (Å²) in [6.07, 6.45) is 0. The van der Waals surface area contributed by atoms with Crippen molar-refractivity contribution in [3.05, 3.63) is 204 Å². The van der Waals surface area contributed by atoms with Crippen molar-refractivity contribution < 1.29 is 0 Å². The zero-order valence-corrected chi connectivity index (χ0v) is 28.6. The van der Waals surface area contributed by atoms with Crippen molar-refractivity contribution in [3.63, 3.8) is 0 Å². The van der Waals surface area contributed by atoms with Crippen LogP contribution in [0, 0.1) is 0 Å². The second-order valence-corrected chi connectivity index (χ2v) is 13.7. The monoisotopic (exact) mass is 674 g/mol. The lowest BCUT2D eigenvalue weighted by Gasteiger charge is -2.31. The molecule has 0 amide bonds. The summed E-state index contributed by atoms with van der Waals surface area (Å²) in [5, 5.41) is 2.35. The molecule has 0 bridgehead atoms. The predicted octanol–water partition coefficient (Wildman–Crippen LogP) is 11.4. The Hall–Kier alpha value is -7.04. The summed E-state index contributed by atoms with van der Waals surface area (Å²) < 4.78 is 0. The summed E-state index contributed by atoms with van der Waals surface area (Å²) in [6, 6.07) is 64.2. The Labute approximate surface area is 307 Å². The molecule has 1 unspecified atom stereocenters. The van der Waals surface area contributed by atoms with Crippen LogP contribution in [0.5, 0.6) is 0 Å². The SMILES string of the molecule is c1ccc(-c2nc(-c3ccccc3)nc(-c3ccc4c(c3)C3(c5ccccc5-4)c4ccccc4-c4nc(-c5ccccc5)c5ccccc5c43)n2)cc1. The first kappa shape index (κ1) is 29.7. The van der Waals surface area contributed by atoms with Gasteiger partial charge < -0.3 is 0 Å². The Morgan fingerprint density at radius 3 is 1.42 bits per heavy atom. The lowest BCUT2D eigenvalue weighted by atomic mass is 9.69. The molecule has 11 rings (SSSR count). The van der Waals surface area contributed by atoms with Crippen LogP contribution in [0.3, 0.4) is 0 Å². The molecule has 0 N–H and O–H groups in total. The lowest BCUT2D eigenvalue weighted by Crippen LogP contribution is -2.26. The highest BCUT2D eigenvalue weighted by atomic mass is 15.0. The molecule has 1 atom stereocenters. The first-order valence-electron chi connectivity index (χ1n) is 18.0. The van der Waals surface area contributed by atoms with Gasteiger partial charge in [-0.3, -0.25) is 0 Å². The average molecular weight is 675 g/mol. The van der Waals surface area contributed by atoms with E-state index in [2.05, 4.69) is 146 Å². The molecule has 53 heavy (non-hydrogen) atoms. The van der Waals surface area contributed by atoms with Gasteiger partial charge in [-0.1, -0.05) is 176 Å². The number of fused-ring (bicyclic) bond motifs is 12. The van der Waals surface area contributed by atoms with Crippen molar-refractivity contribution >= 4 is 10.8 Å². The third-order valence-electron chi connectivity index (χ3n) is 10.9. The van der Waals surface area contributed by atoms with Gasteiger partial charge in [-0.2, -0.15) is 0 Å². The van der Waals surface area contributed by atoms with Crippen LogP contribution >= 0.6 is 0 Å². The normalized spacial score (nSPS) is 14.9. The molecule has 0 saturated heterocycles. The highest BCUT2D eigenvalue weighted by molar-refractivity contribution is 6.07. The summed E-state index contributed by atoms with van der Waals surface area (Å²) in [7, 11) is 0.